The van der Waals surface area contributed by atoms with Crippen LogP contribution in [-0.2, 0) is 0 Å². The van der Waals surface area contributed by atoms with Gasteiger partial charge < -0.3 is 0 Å². The fraction of sp³-hybridized carbons (Fsp3) is 0.0455. The Bertz CT molecular complexity index is 963. The summed E-state index contributed by atoms with van der Waals surface area (Å²) in [7, 11) is 0. The van der Waals surface area contributed by atoms with Gasteiger partial charge in [0.25, 0.3) is 0 Å². The van der Waals surface area contributed by atoms with Crippen LogP contribution in [0.25, 0.3) is 33.2 Å². The number of pyridine rings is 1. The highest BCUT2D eigenvalue weighted by molar-refractivity contribution is 5.94. The summed E-state index contributed by atoms with van der Waals surface area (Å²) in [6, 6.07) is 27.8. The van der Waals surface area contributed by atoms with Crippen molar-refractivity contribution in [3.8, 4) is 22.3 Å². The zero-order valence-electron chi connectivity index (χ0n) is 13.0. The average molecular weight is 295 g/mol. The third kappa shape index (κ3) is 2.62. The minimum atomic E-state index is 1.03. The number of rotatable bonds is 2. The molecule has 0 bridgehead atoms. The van der Waals surface area contributed by atoms with Crippen LogP contribution in [0.3, 0.4) is 0 Å². The van der Waals surface area contributed by atoms with E-state index in [1.807, 2.05) is 12.3 Å². The maximum absolute atomic E-state index is 4.44. The van der Waals surface area contributed by atoms with Crippen LogP contribution in [0.2, 0.25) is 0 Å². The Hall–Kier alpha value is -2.93. The van der Waals surface area contributed by atoms with E-state index >= 15 is 0 Å². The van der Waals surface area contributed by atoms with Crippen molar-refractivity contribution in [3.05, 3.63) is 90.6 Å². The van der Waals surface area contributed by atoms with Crippen molar-refractivity contribution in [2.45, 2.75) is 6.92 Å². The first-order valence-corrected chi connectivity index (χ1v) is 7.82. The number of benzene rings is 3. The van der Waals surface area contributed by atoms with Crippen LogP contribution in [-0.4, -0.2) is 4.98 Å². The van der Waals surface area contributed by atoms with Crippen LogP contribution in [0, 0.1) is 6.92 Å². The van der Waals surface area contributed by atoms with Gasteiger partial charge in [-0.3, -0.25) is 4.98 Å². The van der Waals surface area contributed by atoms with Crippen molar-refractivity contribution in [3.63, 3.8) is 0 Å². The van der Waals surface area contributed by atoms with Crippen LogP contribution in [0.4, 0.5) is 0 Å². The zero-order valence-corrected chi connectivity index (χ0v) is 13.0. The number of hydrogen-bond acceptors (Lipinski definition) is 1. The van der Waals surface area contributed by atoms with E-state index in [2.05, 4.69) is 84.7 Å². The van der Waals surface area contributed by atoms with Crippen LogP contribution in [0.15, 0.2) is 85.1 Å². The van der Waals surface area contributed by atoms with Crippen LogP contribution < -0.4 is 0 Å². The molecule has 0 spiro atoms. The van der Waals surface area contributed by atoms with Gasteiger partial charge in [-0.15, -0.1) is 0 Å². The minimum Gasteiger partial charge on any atom is -0.256 e. The number of aromatic nitrogens is 1. The van der Waals surface area contributed by atoms with E-state index in [1.165, 1.54) is 33.2 Å². The maximum Gasteiger partial charge on any atom is 0.0708 e. The maximum atomic E-state index is 4.44. The summed E-state index contributed by atoms with van der Waals surface area (Å²) >= 11 is 0. The second-order valence-electron chi connectivity index (χ2n) is 5.82. The Morgan fingerprint density at radius 2 is 1.43 bits per heavy atom. The lowest BCUT2D eigenvalue weighted by Gasteiger charge is -2.08. The number of hydrogen-bond donors (Lipinski definition) is 0. The molecule has 0 fully saturated rings. The summed E-state index contributed by atoms with van der Waals surface area (Å²) in [6.45, 7) is 2.13. The first-order chi connectivity index (χ1) is 11.3. The van der Waals surface area contributed by atoms with Crippen molar-refractivity contribution < 1.29 is 0 Å². The van der Waals surface area contributed by atoms with Crippen molar-refractivity contribution >= 4 is 10.9 Å². The highest BCUT2D eigenvalue weighted by Crippen LogP contribution is 2.29. The molecule has 23 heavy (non-hydrogen) atoms. The summed E-state index contributed by atoms with van der Waals surface area (Å²) in [5, 5.41) is 1.19. The molecule has 0 saturated carbocycles. The van der Waals surface area contributed by atoms with Crippen molar-refractivity contribution in [2.75, 3.05) is 0 Å². The Morgan fingerprint density at radius 1 is 0.652 bits per heavy atom. The Balaban J connectivity index is 1.78. The molecule has 1 aromatic heterocycles. The van der Waals surface area contributed by atoms with Crippen LogP contribution in [0.5, 0.6) is 0 Å². The molecule has 1 heteroatoms. The summed E-state index contributed by atoms with van der Waals surface area (Å²) in [5.74, 6) is 0. The second kappa shape index (κ2) is 5.69. The normalized spacial score (nSPS) is 10.8. The van der Waals surface area contributed by atoms with Crippen molar-refractivity contribution in [1.29, 1.82) is 0 Å². The fourth-order valence-corrected chi connectivity index (χ4v) is 3.02. The smallest absolute Gasteiger partial charge is 0.0708 e. The third-order valence-corrected chi connectivity index (χ3v) is 4.19. The summed E-state index contributed by atoms with van der Waals surface area (Å²) in [6.07, 6.45) is 1.84. The fourth-order valence-electron chi connectivity index (χ4n) is 3.02. The van der Waals surface area contributed by atoms with E-state index < -0.39 is 0 Å². The monoisotopic (exact) mass is 295 g/mol. The van der Waals surface area contributed by atoms with Gasteiger partial charge in [0.05, 0.1) is 5.52 Å². The molecule has 0 atom stereocenters. The van der Waals surface area contributed by atoms with Crippen LogP contribution in [0.1, 0.15) is 5.56 Å². The van der Waals surface area contributed by atoms with E-state index in [0.29, 0.717) is 0 Å². The van der Waals surface area contributed by atoms with E-state index in [4.69, 9.17) is 0 Å². The van der Waals surface area contributed by atoms with Gasteiger partial charge in [-0.05, 0) is 41.3 Å². The molecule has 0 amide bonds. The first-order valence-electron chi connectivity index (χ1n) is 7.82. The lowest BCUT2D eigenvalue weighted by molar-refractivity contribution is 1.41. The van der Waals surface area contributed by atoms with Gasteiger partial charge in [-0.25, -0.2) is 0 Å². The largest absolute Gasteiger partial charge is 0.256 e. The molecule has 0 radical (unpaired) electrons. The van der Waals surface area contributed by atoms with Gasteiger partial charge in [0, 0.05) is 11.6 Å². The van der Waals surface area contributed by atoms with E-state index in [-0.39, 0.29) is 0 Å². The highest BCUT2D eigenvalue weighted by Gasteiger charge is 2.05. The van der Waals surface area contributed by atoms with E-state index in [9.17, 15) is 0 Å². The summed E-state index contributed by atoms with van der Waals surface area (Å²) < 4.78 is 0. The molecular formula is C22H17N. The molecule has 4 aromatic rings. The average Bonchev–Trinajstić information content (AvgIpc) is 2.61. The second-order valence-corrected chi connectivity index (χ2v) is 5.82. The third-order valence-electron chi connectivity index (χ3n) is 4.19. The Labute approximate surface area is 136 Å². The Kier molecular flexibility index (Phi) is 3.39. The molecule has 0 aliphatic carbocycles. The van der Waals surface area contributed by atoms with Crippen LogP contribution >= 0.6 is 0 Å². The first kappa shape index (κ1) is 13.7. The number of nitrogens with zero attached hydrogens (tertiary/aromatic N) is 1. The molecular weight excluding hydrogens is 278 g/mol. The van der Waals surface area contributed by atoms with Gasteiger partial charge in [0.1, 0.15) is 0 Å². The molecule has 0 saturated heterocycles. The molecule has 3 aromatic carbocycles. The van der Waals surface area contributed by atoms with Gasteiger partial charge in [-0.2, -0.15) is 0 Å². The van der Waals surface area contributed by atoms with Crippen molar-refractivity contribution in [2.24, 2.45) is 0 Å². The topological polar surface area (TPSA) is 12.9 Å². The number of aryl methyl sites for hydroxylation is 1. The minimum absolute atomic E-state index is 1.03. The van der Waals surface area contributed by atoms with Gasteiger partial charge in [-0.1, -0.05) is 72.3 Å². The highest BCUT2D eigenvalue weighted by atomic mass is 14.6. The van der Waals surface area contributed by atoms with Gasteiger partial charge in [0.15, 0.2) is 0 Å². The molecule has 1 heterocycles. The molecule has 0 N–H and O–H groups in total. The van der Waals surface area contributed by atoms with E-state index in [0.717, 1.165) is 5.52 Å². The molecule has 110 valence electrons. The van der Waals surface area contributed by atoms with Gasteiger partial charge >= 0.3 is 0 Å². The molecule has 0 aliphatic heterocycles. The quantitative estimate of drug-likeness (QED) is 0.450. The van der Waals surface area contributed by atoms with Crippen molar-refractivity contribution in [1.82, 2.24) is 4.98 Å². The standard InChI is InChI=1S/C22H17N/c1-16-5-2-6-19(15-16)17-10-12-18(13-11-17)20-7-3-9-22-21(20)8-4-14-23-22/h2-15H,1H3. The molecule has 0 unspecified atom stereocenters. The lowest BCUT2D eigenvalue weighted by atomic mass is 9.97. The molecule has 0 aliphatic rings. The van der Waals surface area contributed by atoms with E-state index in [1.54, 1.807) is 0 Å². The predicted octanol–water partition coefficient (Wildman–Crippen LogP) is 5.88. The SMILES string of the molecule is Cc1cccc(-c2ccc(-c3cccc4ncccc34)cc2)c1. The lowest BCUT2D eigenvalue weighted by Crippen LogP contribution is -1.84. The zero-order chi connectivity index (χ0) is 15.6. The number of fused-ring (bicyclic) bond motifs is 1. The van der Waals surface area contributed by atoms with Gasteiger partial charge in [0.2, 0.25) is 0 Å². The Morgan fingerprint density at radius 3 is 2.26 bits per heavy atom. The molecule has 4 rings (SSSR count). The summed E-state index contributed by atoms with van der Waals surface area (Å²) in [5.41, 5.74) is 7.28. The predicted molar refractivity (Wildman–Crippen MR) is 97.4 cm³/mol. The summed E-state index contributed by atoms with van der Waals surface area (Å²) in [4.78, 5) is 4.44. The molecule has 1 nitrogen and oxygen atoms in total.